The molecule has 0 bridgehead atoms. The van der Waals surface area contributed by atoms with Crippen LogP contribution in [0.25, 0.3) is 0 Å². The van der Waals surface area contributed by atoms with Crippen LogP contribution in [0, 0.1) is 5.92 Å². The molecule has 0 spiro atoms. The Morgan fingerprint density at radius 2 is 2.12 bits per heavy atom. The van der Waals surface area contributed by atoms with Gasteiger partial charge in [-0.2, -0.15) is 5.10 Å². The van der Waals surface area contributed by atoms with Gasteiger partial charge in [0.25, 0.3) is 0 Å². The highest BCUT2D eigenvalue weighted by Crippen LogP contribution is 2.24. The molecule has 1 aromatic rings. The number of thioether (sulfide) groups is 1. The smallest absolute Gasteiger partial charge is 0.314 e. The lowest BCUT2D eigenvalue weighted by molar-refractivity contribution is -0.145. The van der Waals surface area contributed by atoms with Gasteiger partial charge in [0.15, 0.2) is 0 Å². The molecule has 1 fully saturated rings. The lowest BCUT2D eigenvalue weighted by Crippen LogP contribution is -2.26. The molecule has 1 aliphatic rings. The van der Waals surface area contributed by atoms with E-state index in [2.05, 4.69) is 10.5 Å². The largest absolute Gasteiger partial charge is 0.465 e. The molecular formula is C17H21ClN2O3S. The number of nitrogens with zero attached hydrogens (tertiary/aromatic N) is 1. The Hall–Kier alpha value is -1.53. The second-order valence-corrected chi connectivity index (χ2v) is 6.99. The minimum atomic E-state index is -0.311. The number of benzene rings is 1. The monoisotopic (exact) mass is 368 g/mol. The van der Waals surface area contributed by atoms with Crippen LogP contribution >= 0.6 is 23.4 Å². The van der Waals surface area contributed by atoms with E-state index in [-0.39, 0.29) is 17.8 Å². The number of hydrogen-bond acceptors (Lipinski definition) is 5. The first kappa shape index (κ1) is 18.8. The zero-order valence-electron chi connectivity index (χ0n) is 13.6. The highest BCUT2D eigenvalue weighted by atomic mass is 35.5. The van der Waals surface area contributed by atoms with Gasteiger partial charge in [-0.05, 0) is 50.5 Å². The van der Waals surface area contributed by atoms with Crippen LogP contribution in [0.5, 0.6) is 0 Å². The molecule has 1 aliphatic carbocycles. The number of ether oxygens (including phenoxy) is 1. The third-order valence-electron chi connectivity index (χ3n) is 3.63. The summed E-state index contributed by atoms with van der Waals surface area (Å²) in [6, 6.07) is 7.50. The molecule has 1 saturated carbocycles. The van der Waals surface area contributed by atoms with Crippen LogP contribution in [0.1, 0.15) is 32.6 Å². The van der Waals surface area contributed by atoms with Crippen LogP contribution in [0.2, 0.25) is 5.02 Å². The van der Waals surface area contributed by atoms with Crippen molar-refractivity contribution in [1.82, 2.24) is 5.43 Å². The van der Waals surface area contributed by atoms with Crippen LogP contribution < -0.4 is 5.43 Å². The first-order valence-electron chi connectivity index (χ1n) is 8.00. The summed E-state index contributed by atoms with van der Waals surface area (Å²) in [6.45, 7) is 2.14. The van der Waals surface area contributed by atoms with Crippen LogP contribution in [0.4, 0.5) is 0 Å². The van der Waals surface area contributed by atoms with Crippen molar-refractivity contribution in [3.05, 3.63) is 29.3 Å². The first-order chi connectivity index (χ1) is 11.6. The molecule has 7 heteroatoms. The number of esters is 1. The van der Waals surface area contributed by atoms with E-state index in [4.69, 9.17) is 16.3 Å². The molecule has 0 unspecified atom stereocenters. The van der Waals surface area contributed by atoms with Crippen molar-refractivity contribution < 1.29 is 14.3 Å². The minimum Gasteiger partial charge on any atom is -0.465 e. The topological polar surface area (TPSA) is 67.8 Å². The molecule has 0 radical (unpaired) electrons. The van der Waals surface area contributed by atoms with E-state index in [9.17, 15) is 9.59 Å². The molecule has 1 N–H and O–H groups in total. The second kappa shape index (κ2) is 9.69. The maximum absolute atomic E-state index is 11.9. The van der Waals surface area contributed by atoms with Gasteiger partial charge in [-0.15, -0.1) is 11.8 Å². The van der Waals surface area contributed by atoms with Crippen LogP contribution in [-0.4, -0.2) is 29.9 Å². The Balaban J connectivity index is 1.75. The van der Waals surface area contributed by atoms with Crippen molar-refractivity contribution >= 4 is 41.0 Å². The Morgan fingerprint density at radius 1 is 1.38 bits per heavy atom. The van der Waals surface area contributed by atoms with Gasteiger partial charge >= 0.3 is 5.97 Å². The maximum atomic E-state index is 11.9. The van der Waals surface area contributed by atoms with Crippen molar-refractivity contribution in [3.8, 4) is 0 Å². The zero-order valence-corrected chi connectivity index (χ0v) is 15.2. The summed E-state index contributed by atoms with van der Waals surface area (Å²) in [4.78, 5) is 24.8. The summed E-state index contributed by atoms with van der Waals surface area (Å²) in [6.07, 6.45) is 2.71. The number of carbonyl (C=O) groups is 2. The summed E-state index contributed by atoms with van der Waals surface area (Å²) in [5, 5.41) is 4.83. The molecule has 5 nitrogen and oxygen atoms in total. The van der Waals surface area contributed by atoms with E-state index in [1.807, 2.05) is 24.3 Å². The fraction of sp³-hybridized carbons (Fsp3) is 0.471. The van der Waals surface area contributed by atoms with Gasteiger partial charge in [0.1, 0.15) is 0 Å². The number of rotatable bonds is 7. The Labute approximate surface area is 151 Å². The van der Waals surface area contributed by atoms with Gasteiger partial charge < -0.3 is 4.74 Å². The fourth-order valence-electron chi connectivity index (χ4n) is 2.44. The number of amides is 1. The fourth-order valence-corrected chi connectivity index (χ4v) is 3.42. The molecule has 0 aromatic heterocycles. The quantitative estimate of drug-likeness (QED) is 0.453. The van der Waals surface area contributed by atoms with Crippen LogP contribution in [-0.2, 0) is 14.3 Å². The molecule has 1 atom stereocenters. The Morgan fingerprint density at radius 3 is 2.83 bits per heavy atom. The Kier molecular flexibility index (Phi) is 7.59. The van der Waals surface area contributed by atoms with Gasteiger partial charge in [-0.1, -0.05) is 11.6 Å². The third kappa shape index (κ3) is 5.83. The van der Waals surface area contributed by atoms with Crippen molar-refractivity contribution in [2.24, 2.45) is 11.0 Å². The number of carbonyl (C=O) groups excluding carboxylic acids is 2. The van der Waals surface area contributed by atoms with Crippen molar-refractivity contribution in [2.45, 2.75) is 37.5 Å². The first-order valence-corrected chi connectivity index (χ1v) is 9.36. The summed E-state index contributed by atoms with van der Waals surface area (Å²) < 4.78 is 5.04. The molecule has 1 amide bonds. The lowest BCUT2D eigenvalue weighted by Gasteiger charge is -2.10. The predicted octanol–water partition coefficient (Wildman–Crippen LogP) is 3.66. The Bertz CT molecular complexity index is 604. The van der Waals surface area contributed by atoms with Gasteiger partial charge in [-0.25, -0.2) is 5.43 Å². The molecule has 24 heavy (non-hydrogen) atoms. The van der Waals surface area contributed by atoms with E-state index in [1.165, 1.54) is 0 Å². The standard InChI is InChI=1S/C17H21ClN2O3S/c1-2-23-17(22)14-4-3-5-15(14)19-20-16(21)10-11-24-13-8-6-12(18)7-9-13/h6-9,14H,2-5,10-11H2,1H3,(H,20,21)/b19-15-/t14-/m0/s1. The van der Waals surface area contributed by atoms with Gasteiger partial charge in [0.05, 0.1) is 18.2 Å². The molecule has 0 saturated heterocycles. The highest BCUT2D eigenvalue weighted by Gasteiger charge is 2.30. The van der Waals surface area contributed by atoms with Crippen molar-refractivity contribution in [1.29, 1.82) is 0 Å². The number of hydrogen-bond donors (Lipinski definition) is 1. The van der Waals surface area contributed by atoms with E-state index in [0.717, 1.165) is 24.2 Å². The van der Waals surface area contributed by atoms with Gasteiger partial charge in [0, 0.05) is 22.1 Å². The summed E-state index contributed by atoms with van der Waals surface area (Å²) in [5.74, 6) is -0.0620. The van der Waals surface area contributed by atoms with E-state index in [0.29, 0.717) is 29.5 Å². The second-order valence-electron chi connectivity index (χ2n) is 5.39. The molecule has 1 aromatic carbocycles. The van der Waals surface area contributed by atoms with Gasteiger partial charge in [0.2, 0.25) is 5.91 Å². The van der Waals surface area contributed by atoms with Crippen molar-refractivity contribution in [3.63, 3.8) is 0 Å². The molecule has 0 aliphatic heterocycles. The highest BCUT2D eigenvalue weighted by molar-refractivity contribution is 7.99. The summed E-state index contributed by atoms with van der Waals surface area (Å²) >= 11 is 7.42. The predicted molar refractivity (Wildman–Crippen MR) is 96.3 cm³/mol. The average molecular weight is 369 g/mol. The number of nitrogens with one attached hydrogen (secondary N) is 1. The number of halogens is 1. The van der Waals surface area contributed by atoms with Crippen molar-refractivity contribution in [2.75, 3.05) is 12.4 Å². The third-order valence-corrected chi connectivity index (χ3v) is 4.90. The summed E-state index contributed by atoms with van der Waals surface area (Å²) in [7, 11) is 0. The van der Waals surface area contributed by atoms with E-state index < -0.39 is 0 Å². The lowest BCUT2D eigenvalue weighted by atomic mass is 10.1. The minimum absolute atomic E-state index is 0.154. The molecule has 130 valence electrons. The SMILES string of the molecule is CCOC(=O)[C@H]1CCC/C1=N/NC(=O)CCSc1ccc(Cl)cc1. The summed E-state index contributed by atoms with van der Waals surface area (Å²) in [5.41, 5.74) is 3.27. The molecular weight excluding hydrogens is 348 g/mol. The zero-order chi connectivity index (χ0) is 17.4. The van der Waals surface area contributed by atoms with Crippen LogP contribution in [0.3, 0.4) is 0 Å². The maximum Gasteiger partial charge on any atom is 0.314 e. The average Bonchev–Trinajstić information content (AvgIpc) is 3.04. The van der Waals surface area contributed by atoms with E-state index in [1.54, 1.807) is 18.7 Å². The molecule has 2 rings (SSSR count). The van der Waals surface area contributed by atoms with Crippen LogP contribution in [0.15, 0.2) is 34.3 Å². The van der Waals surface area contributed by atoms with E-state index >= 15 is 0 Å². The number of hydrazone groups is 1. The normalized spacial score (nSPS) is 18.6. The molecule has 0 heterocycles. The van der Waals surface area contributed by atoms with Gasteiger partial charge in [-0.3, -0.25) is 9.59 Å².